The number of carbonyl (C=O) groups excluding carboxylic acids is 1. The summed E-state index contributed by atoms with van der Waals surface area (Å²) >= 11 is 0. The molecular formula is C14H12F2N2O. The topological polar surface area (TPSA) is 34.9 Å². The standard InChI is InChI=1S/C14H12F2N2O/c1-8-4-12-10(14(19)5-8)7-17-18(12)13-6-9(15)2-3-11(13)16/h2-3,6-8H,4-5H2,1H3/t8-/m0/s1. The van der Waals surface area contributed by atoms with Gasteiger partial charge in [0.15, 0.2) is 5.78 Å². The molecule has 0 bridgehead atoms. The van der Waals surface area contributed by atoms with Crippen LogP contribution in [0.25, 0.3) is 5.69 Å². The van der Waals surface area contributed by atoms with E-state index >= 15 is 0 Å². The molecule has 0 unspecified atom stereocenters. The Balaban J connectivity index is 2.17. The van der Waals surface area contributed by atoms with Crippen LogP contribution in [0.5, 0.6) is 0 Å². The molecule has 1 aliphatic rings. The van der Waals surface area contributed by atoms with E-state index in [1.807, 2.05) is 6.92 Å². The minimum Gasteiger partial charge on any atom is -0.294 e. The number of nitrogens with zero attached hydrogens (tertiary/aromatic N) is 2. The lowest BCUT2D eigenvalue weighted by Gasteiger charge is -2.19. The van der Waals surface area contributed by atoms with Crippen molar-refractivity contribution in [2.24, 2.45) is 5.92 Å². The van der Waals surface area contributed by atoms with Gasteiger partial charge in [-0.05, 0) is 24.5 Å². The van der Waals surface area contributed by atoms with E-state index in [0.29, 0.717) is 24.1 Å². The van der Waals surface area contributed by atoms with Crippen molar-refractivity contribution in [2.75, 3.05) is 0 Å². The molecule has 98 valence electrons. The second-order valence-electron chi connectivity index (χ2n) is 4.95. The second-order valence-corrected chi connectivity index (χ2v) is 4.95. The fourth-order valence-corrected chi connectivity index (χ4v) is 2.49. The summed E-state index contributed by atoms with van der Waals surface area (Å²) in [5.74, 6) is -0.891. The minimum atomic E-state index is -0.557. The molecule has 0 amide bonds. The van der Waals surface area contributed by atoms with Gasteiger partial charge < -0.3 is 0 Å². The van der Waals surface area contributed by atoms with Crippen molar-refractivity contribution in [3.05, 3.63) is 47.3 Å². The van der Waals surface area contributed by atoms with Gasteiger partial charge >= 0.3 is 0 Å². The molecule has 0 spiro atoms. The first-order valence-corrected chi connectivity index (χ1v) is 6.12. The molecule has 0 saturated heterocycles. The maximum absolute atomic E-state index is 13.8. The van der Waals surface area contributed by atoms with E-state index in [-0.39, 0.29) is 17.4 Å². The van der Waals surface area contributed by atoms with Gasteiger partial charge in [-0.2, -0.15) is 5.10 Å². The quantitative estimate of drug-likeness (QED) is 0.792. The van der Waals surface area contributed by atoms with Crippen LogP contribution in [0.4, 0.5) is 8.78 Å². The van der Waals surface area contributed by atoms with Gasteiger partial charge in [-0.1, -0.05) is 6.92 Å². The van der Waals surface area contributed by atoms with Crippen LogP contribution < -0.4 is 0 Å². The van der Waals surface area contributed by atoms with Crippen molar-refractivity contribution in [3.63, 3.8) is 0 Å². The van der Waals surface area contributed by atoms with Crippen LogP contribution in [0.15, 0.2) is 24.4 Å². The molecule has 3 rings (SSSR count). The number of carbonyl (C=O) groups is 1. The Morgan fingerprint density at radius 2 is 2.11 bits per heavy atom. The van der Waals surface area contributed by atoms with Crippen molar-refractivity contribution in [3.8, 4) is 5.69 Å². The van der Waals surface area contributed by atoms with Crippen molar-refractivity contribution in [1.82, 2.24) is 9.78 Å². The Kier molecular flexibility index (Phi) is 2.69. The maximum atomic E-state index is 13.8. The Hall–Kier alpha value is -2.04. The number of hydrogen-bond acceptors (Lipinski definition) is 2. The smallest absolute Gasteiger partial charge is 0.166 e. The summed E-state index contributed by atoms with van der Waals surface area (Å²) < 4.78 is 28.4. The zero-order chi connectivity index (χ0) is 13.6. The molecule has 1 aromatic carbocycles. The third kappa shape index (κ3) is 1.95. The number of halogens is 2. The fourth-order valence-electron chi connectivity index (χ4n) is 2.49. The van der Waals surface area contributed by atoms with Gasteiger partial charge in [0.25, 0.3) is 0 Å². The van der Waals surface area contributed by atoms with Crippen molar-refractivity contribution >= 4 is 5.78 Å². The monoisotopic (exact) mass is 262 g/mol. The highest BCUT2D eigenvalue weighted by molar-refractivity contribution is 5.98. The van der Waals surface area contributed by atoms with Gasteiger partial charge in [0.05, 0.1) is 17.5 Å². The number of benzene rings is 1. The minimum absolute atomic E-state index is 0.0109. The lowest BCUT2D eigenvalue weighted by atomic mass is 9.88. The molecule has 19 heavy (non-hydrogen) atoms. The zero-order valence-electron chi connectivity index (χ0n) is 10.4. The van der Waals surface area contributed by atoms with Crippen molar-refractivity contribution < 1.29 is 13.6 Å². The molecule has 0 radical (unpaired) electrons. The fraction of sp³-hybridized carbons (Fsp3) is 0.286. The number of Topliss-reactive ketones (excluding diaryl/α,β-unsaturated/α-hetero) is 1. The maximum Gasteiger partial charge on any atom is 0.166 e. The number of rotatable bonds is 1. The van der Waals surface area contributed by atoms with Crippen LogP contribution in [-0.4, -0.2) is 15.6 Å². The van der Waals surface area contributed by atoms with E-state index in [9.17, 15) is 13.6 Å². The number of hydrogen-bond donors (Lipinski definition) is 0. The first-order chi connectivity index (χ1) is 9.06. The normalized spacial score (nSPS) is 18.5. The van der Waals surface area contributed by atoms with Crippen molar-refractivity contribution in [2.45, 2.75) is 19.8 Å². The third-order valence-electron chi connectivity index (χ3n) is 3.38. The van der Waals surface area contributed by atoms with E-state index in [4.69, 9.17) is 0 Å². The molecule has 1 atom stereocenters. The lowest BCUT2D eigenvalue weighted by molar-refractivity contribution is 0.0952. The van der Waals surface area contributed by atoms with Crippen LogP contribution in [0, 0.1) is 17.6 Å². The average Bonchev–Trinajstić information content (AvgIpc) is 2.76. The zero-order valence-corrected chi connectivity index (χ0v) is 10.4. The van der Waals surface area contributed by atoms with Crippen LogP contribution in [-0.2, 0) is 6.42 Å². The van der Waals surface area contributed by atoms with E-state index in [2.05, 4.69) is 5.10 Å². The predicted molar refractivity (Wildman–Crippen MR) is 65.3 cm³/mol. The highest BCUT2D eigenvalue weighted by Crippen LogP contribution is 2.28. The largest absolute Gasteiger partial charge is 0.294 e. The number of fused-ring (bicyclic) bond motifs is 1. The van der Waals surface area contributed by atoms with Crippen LogP contribution >= 0.6 is 0 Å². The highest BCUT2D eigenvalue weighted by Gasteiger charge is 2.27. The van der Waals surface area contributed by atoms with E-state index in [1.165, 1.54) is 10.9 Å². The first-order valence-electron chi connectivity index (χ1n) is 6.12. The van der Waals surface area contributed by atoms with E-state index < -0.39 is 11.6 Å². The van der Waals surface area contributed by atoms with Crippen molar-refractivity contribution in [1.29, 1.82) is 0 Å². The molecule has 1 heterocycles. The second kappa shape index (κ2) is 4.26. The van der Waals surface area contributed by atoms with E-state index in [0.717, 1.165) is 18.2 Å². The van der Waals surface area contributed by atoms with Crippen LogP contribution in [0.2, 0.25) is 0 Å². The average molecular weight is 262 g/mol. The number of aromatic nitrogens is 2. The van der Waals surface area contributed by atoms with Gasteiger partial charge in [-0.25, -0.2) is 13.5 Å². The first kappa shape index (κ1) is 12.0. The molecule has 2 aromatic rings. The Labute approximate surface area is 108 Å². The summed E-state index contributed by atoms with van der Waals surface area (Å²) in [4.78, 5) is 11.9. The summed E-state index contributed by atoms with van der Waals surface area (Å²) in [6.07, 6.45) is 2.55. The molecular weight excluding hydrogens is 250 g/mol. The SMILES string of the molecule is C[C@@H]1CC(=O)c2cnn(-c3cc(F)ccc3F)c2C1. The van der Waals surface area contributed by atoms with Gasteiger partial charge in [-0.3, -0.25) is 4.79 Å². The summed E-state index contributed by atoms with van der Waals surface area (Å²) in [5, 5.41) is 4.04. The third-order valence-corrected chi connectivity index (χ3v) is 3.38. The lowest BCUT2D eigenvalue weighted by Crippen LogP contribution is -2.19. The molecule has 0 N–H and O–H groups in total. The molecule has 1 aromatic heterocycles. The van der Waals surface area contributed by atoms with E-state index in [1.54, 1.807) is 0 Å². The van der Waals surface area contributed by atoms with Gasteiger partial charge in [0.2, 0.25) is 0 Å². The van der Waals surface area contributed by atoms with Crippen LogP contribution in [0.1, 0.15) is 29.4 Å². The summed E-state index contributed by atoms with van der Waals surface area (Å²) in [6, 6.07) is 3.21. The summed E-state index contributed by atoms with van der Waals surface area (Å²) in [6.45, 7) is 1.96. The molecule has 3 nitrogen and oxygen atoms in total. The van der Waals surface area contributed by atoms with Gasteiger partial charge in [0.1, 0.15) is 17.3 Å². The summed E-state index contributed by atoms with van der Waals surface area (Å²) in [7, 11) is 0. The highest BCUT2D eigenvalue weighted by atomic mass is 19.1. The van der Waals surface area contributed by atoms with Crippen LogP contribution in [0.3, 0.4) is 0 Å². The number of ketones is 1. The predicted octanol–water partition coefficient (Wildman–Crippen LogP) is 2.92. The molecule has 0 fully saturated rings. The molecule has 1 aliphatic carbocycles. The Morgan fingerprint density at radius 1 is 1.32 bits per heavy atom. The van der Waals surface area contributed by atoms with Gasteiger partial charge in [-0.15, -0.1) is 0 Å². The molecule has 0 saturated carbocycles. The Bertz CT molecular complexity index is 663. The molecule has 5 heteroatoms. The molecule has 0 aliphatic heterocycles. The van der Waals surface area contributed by atoms with Gasteiger partial charge in [0, 0.05) is 12.5 Å². The summed E-state index contributed by atoms with van der Waals surface area (Å²) in [5.41, 5.74) is 1.22. The Morgan fingerprint density at radius 3 is 2.89 bits per heavy atom.